The van der Waals surface area contributed by atoms with E-state index in [1.807, 2.05) is 18.8 Å². The number of nitriles is 1. The molecule has 0 amide bonds. The molecule has 1 aromatic carbocycles. The van der Waals surface area contributed by atoms with Crippen LogP contribution < -0.4 is 0 Å². The van der Waals surface area contributed by atoms with E-state index in [4.69, 9.17) is 5.26 Å². The van der Waals surface area contributed by atoms with E-state index >= 15 is 0 Å². The molecule has 1 rings (SSSR count). The largest absolute Gasteiger partial charge is 0.299 e. The first-order valence-electron chi connectivity index (χ1n) is 5.96. The lowest BCUT2D eigenvalue weighted by Crippen LogP contribution is -2.29. The van der Waals surface area contributed by atoms with Gasteiger partial charge < -0.3 is 0 Å². The SMILES string of the molecule is CSCCC(C)N(C)Cc1cc(F)ccc1C#N. The molecule has 1 unspecified atom stereocenters. The number of halogens is 1. The molecule has 0 radical (unpaired) electrons. The minimum absolute atomic E-state index is 0.283. The van der Waals surface area contributed by atoms with Crippen LogP contribution in [0.25, 0.3) is 0 Å². The second-order valence-electron chi connectivity index (χ2n) is 4.46. The Kier molecular flexibility index (Phi) is 6.17. The molecule has 0 N–H and O–H groups in total. The molecule has 0 aliphatic heterocycles. The molecule has 0 aliphatic carbocycles. The summed E-state index contributed by atoms with van der Waals surface area (Å²) in [4.78, 5) is 2.16. The van der Waals surface area contributed by atoms with Gasteiger partial charge in [0, 0.05) is 12.6 Å². The van der Waals surface area contributed by atoms with Crippen LogP contribution in [0.3, 0.4) is 0 Å². The first-order chi connectivity index (χ1) is 8.58. The first kappa shape index (κ1) is 15.0. The lowest BCUT2D eigenvalue weighted by atomic mass is 10.1. The molecule has 0 aliphatic rings. The van der Waals surface area contributed by atoms with E-state index in [-0.39, 0.29) is 5.82 Å². The van der Waals surface area contributed by atoms with Gasteiger partial charge in [-0.05, 0) is 56.2 Å². The molecular formula is C14H19FN2S. The summed E-state index contributed by atoms with van der Waals surface area (Å²) in [6.07, 6.45) is 3.18. The highest BCUT2D eigenvalue weighted by Gasteiger charge is 2.12. The Bertz CT molecular complexity index is 428. The van der Waals surface area contributed by atoms with Crippen molar-refractivity contribution in [3.63, 3.8) is 0 Å². The molecule has 0 aromatic heterocycles. The van der Waals surface area contributed by atoms with E-state index in [2.05, 4.69) is 24.1 Å². The third-order valence-corrected chi connectivity index (χ3v) is 3.74. The molecule has 0 bridgehead atoms. The van der Waals surface area contributed by atoms with E-state index in [1.165, 1.54) is 12.1 Å². The average Bonchev–Trinajstić information content (AvgIpc) is 2.36. The van der Waals surface area contributed by atoms with Crippen molar-refractivity contribution < 1.29 is 4.39 Å². The fraction of sp³-hybridized carbons (Fsp3) is 0.500. The van der Waals surface area contributed by atoms with Crippen molar-refractivity contribution in [2.24, 2.45) is 0 Å². The highest BCUT2D eigenvalue weighted by Crippen LogP contribution is 2.15. The van der Waals surface area contributed by atoms with Gasteiger partial charge in [0.05, 0.1) is 11.6 Å². The number of hydrogen-bond acceptors (Lipinski definition) is 3. The monoisotopic (exact) mass is 266 g/mol. The van der Waals surface area contributed by atoms with Crippen molar-refractivity contribution in [3.05, 3.63) is 35.1 Å². The topological polar surface area (TPSA) is 27.0 Å². The number of benzene rings is 1. The molecule has 18 heavy (non-hydrogen) atoms. The maximum absolute atomic E-state index is 13.2. The van der Waals surface area contributed by atoms with Crippen molar-refractivity contribution in [1.29, 1.82) is 5.26 Å². The lowest BCUT2D eigenvalue weighted by molar-refractivity contribution is 0.244. The van der Waals surface area contributed by atoms with Crippen molar-refractivity contribution >= 4 is 11.8 Å². The zero-order chi connectivity index (χ0) is 13.5. The molecule has 0 fully saturated rings. The Morgan fingerprint density at radius 3 is 2.83 bits per heavy atom. The van der Waals surface area contributed by atoms with Gasteiger partial charge in [0.15, 0.2) is 0 Å². The van der Waals surface area contributed by atoms with Crippen LogP contribution in [0.1, 0.15) is 24.5 Å². The summed E-state index contributed by atoms with van der Waals surface area (Å²) >= 11 is 1.82. The standard InChI is InChI=1S/C14H19FN2S/c1-11(6-7-18-3)17(2)10-13-8-14(15)5-4-12(13)9-16/h4-5,8,11H,6-7,10H2,1-3H3. The van der Waals surface area contributed by atoms with Crippen LogP contribution in [-0.2, 0) is 6.54 Å². The Labute approximate surface area is 113 Å². The van der Waals surface area contributed by atoms with Crippen LogP contribution in [-0.4, -0.2) is 30.0 Å². The molecule has 0 saturated carbocycles. The van der Waals surface area contributed by atoms with Gasteiger partial charge in [-0.2, -0.15) is 17.0 Å². The van der Waals surface area contributed by atoms with Crippen molar-refractivity contribution in [1.82, 2.24) is 4.90 Å². The fourth-order valence-corrected chi connectivity index (χ4v) is 2.31. The lowest BCUT2D eigenvalue weighted by Gasteiger charge is -2.24. The second kappa shape index (κ2) is 7.40. The van der Waals surface area contributed by atoms with Gasteiger partial charge in [-0.1, -0.05) is 0 Å². The number of hydrogen-bond donors (Lipinski definition) is 0. The van der Waals surface area contributed by atoms with Gasteiger partial charge in [-0.15, -0.1) is 0 Å². The van der Waals surface area contributed by atoms with Crippen molar-refractivity contribution in [3.8, 4) is 6.07 Å². The summed E-state index contributed by atoms with van der Waals surface area (Å²) in [5.74, 6) is 0.828. The maximum Gasteiger partial charge on any atom is 0.123 e. The maximum atomic E-state index is 13.2. The summed E-state index contributed by atoms with van der Waals surface area (Å²) in [5.41, 5.74) is 1.32. The average molecular weight is 266 g/mol. The van der Waals surface area contributed by atoms with Gasteiger partial charge in [-0.25, -0.2) is 4.39 Å². The predicted molar refractivity (Wildman–Crippen MR) is 75.0 cm³/mol. The zero-order valence-corrected chi connectivity index (χ0v) is 11.9. The van der Waals surface area contributed by atoms with E-state index in [1.54, 1.807) is 6.07 Å². The second-order valence-corrected chi connectivity index (χ2v) is 5.44. The van der Waals surface area contributed by atoms with Gasteiger partial charge in [-0.3, -0.25) is 4.90 Å². The van der Waals surface area contributed by atoms with E-state index in [0.717, 1.165) is 17.7 Å². The Balaban J connectivity index is 2.72. The van der Waals surface area contributed by atoms with E-state index in [0.29, 0.717) is 18.2 Å². The summed E-state index contributed by atoms with van der Waals surface area (Å²) in [6, 6.07) is 6.87. The number of thioether (sulfide) groups is 1. The first-order valence-corrected chi connectivity index (χ1v) is 7.35. The van der Waals surface area contributed by atoms with Gasteiger partial charge in [0.1, 0.15) is 5.82 Å². The Hall–Kier alpha value is -1.05. The van der Waals surface area contributed by atoms with Crippen LogP contribution in [0.2, 0.25) is 0 Å². The molecule has 2 nitrogen and oxygen atoms in total. The summed E-state index contributed by atoms with van der Waals surface area (Å²) in [5, 5.41) is 9.01. The quantitative estimate of drug-likeness (QED) is 0.790. The number of nitrogens with zero attached hydrogens (tertiary/aromatic N) is 2. The van der Waals surface area contributed by atoms with E-state index < -0.39 is 0 Å². The van der Waals surface area contributed by atoms with Gasteiger partial charge >= 0.3 is 0 Å². The third-order valence-electron chi connectivity index (χ3n) is 3.10. The van der Waals surface area contributed by atoms with Crippen molar-refractivity contribution in [2.75, 3.05) is 19.1 Å². The molecule has 4 heteroatoms. The molecule has 1 aromatic rings. The highest BCUT2D eigenvalue weighted by molar-refractivity contribution is 7.98. The Morgan fingerprint density at radius 2 is 2.22 bits per heavy atom. The summed E-state index contributed by atoms with van der Waals surface area (Å²) in [7, 11) is 2.01. The zero-order valence-electron chi connectivity index (χ0n) is 11.1. The highest BCUT2D eigenvalue weighted by atomic mass is 32.2. The van der Waals surface area contributed by atoms with E-state index in [9.17, 15) is 4.39 Å². The van der Waals surface area contributed by atoms with Crippen LogP contribution in [0.5, 0.6) is 0 Å². The Morgan fingerprint density at radius 1 is 1.50 bits per heavy atom. The molecule has 0 heterocycles. The van der Waals surface area contributed by atoms with Gasteiger partial charge in [0.25, 0.3) is 0 Å². The molecule has 98 valence electrons. The smallest absolute Gasteiger partial charge is 0.123 e. The van der Waals surface area contributed by atoms with Crippen LogP contribution in [0, 0.1) is 17.1 Å². The third kappa shape index (κ3) is 4.32. The number of rotatable bonds is 6. The van der Waals surface area contributed by atoms with Gasteiger partial charge in [0.2, 0.25) is 0 Å². The fourth-order valence-electron chi connectivity index (χ4n) is 1.74. The molecular weight excluding hydrogens is 247 g/mol. The van der Waals surface area contributed by atoms with Crippen molar-refractivity contribution in [2.45, 2.75) is 25.9 Å². The van der Waals surface area contributed by atoms with Crippen LogP contribution >= 0.6 is 11.8 Å². The molecule has 0 spiro atoms. The van der Waals surface area contributed by atoms with Crippen LogP contribution in [0.4, 0.5) is 4.39 Å². The minimum Gasteiger partial charge on any atom is -0.299 e. The summed E-state index contributed by atoms with van der Waals surface area (Å²) < 4.78 is 13.2. The minimum atomic E-state index is -0.283. The summed E-state index contributed by atoms with van der Waals surface area (Å²) in [6.45, 7) is 2.76. The normalized spacial score (nSPS) is 12.4. The predicted octanol–water partition coefficient (Wildman–Crippen LogP) is 3.27. The molecule has 0 saturated heterocycles. The van der Waals surface area contributed by atoms with Crippen LogP contribution in [0.15, 0.2) is 18.2 Å². The molecule has 1 atom stereocenters.